The van der Waals surface area contributed by atoms with Crippen molar-refractivity contribution >= 4 is 32.5 Å². The highest BCUT2D eigenvalue weighted by Gasteiger charge is 2.15. The lowest BCUT2D eigenvalue weighted by Crippen LogP contribution is -2.11. The zero-order valence-electron chi connectivity index (χ0n) is 11.9. The van der Waals surface area contributed by atoms with Gasteiger partial charge in [-0.25, -0.2) is 4.98 Å². The fourth-order valence-corrected chi connectivity index (χ4v) is 3.07. The van der Waals surface area contributed by atoms with Gasteiger partial charge >= 0.3 is 0 Å². The van der Waals surface area contributed by atoms with Crippen molar-refractivity contribution in [1.82, 2.24) is 4.98 Å². The molecule has 0 amide bonds. The van der Waals surface area contributed by atoms with Crippen molar-refractivity contribution in [2.45, 2.75) is 13.8 Å². The lowest BCUT2D eigenvalue weighted by molar-refractivity contribution is 1.27. The second-order valence-corrected chi connectivity index (χ2v) is 5.91. The Hall–Kier alpha value is -1.91. The molecule has 21 heavy (non-hydrogen) atoms. The number of halogens is 1. The summed E-state index contributed by atoms with van der Waals surface area (Å²) in [7, 11) is 0. The largest absolute Gasteiger partial charge is 0.323 e. The number of pyridine rings is 1. The zero-order valence-corrected chi connectivity index (χ0v) is 13.5. The van der Waals surface area contributed by atoms with Gasteiger partial charge in [-0.2, -0.15) is 0 Å². The van der Waals surface area contributed by atoms with Crippen LogP contribution in [0.5, 0.6) is 0 Å². The molecule has 0 saturated carbocycles. The van der Waals surface area contributed by atoms with Gasteiger partial charge in [-0.1, -0.05) is 36.4 Å². The summed E-state index contributed by atoms with van der Waals surface area (Å²) in [5, 5.41) is 1.06. The molecular weight excluding hydrogens is 326 g/mol. The number of hydrogen-bond acceptors (Lipinski definition) is 3. The molecule has 3 aromatic rings. The van der Waals surface area contributed by atoms with Gasteiger partial charge in [0.15, 0.2) is 0 Å². The molecule has 2 aromatic carbocycles. The average Bonchev–Trinajstić information content (AvgIpc) is 2.51. The maximum absolute atomic E-state index is 5.79. The van der Waals surface area contributed by atoms with Crippen LogP contribution in [0.2, 0.25) is 0 Å². The second-order valence-electron chi connectivity index (χ2n) is 5.06. The van der Waals surface area contributed by atoms with Crippen molar-refractivity contribution in [2.24, 2.45) is 5.84 Å². The van der Waals surface area contributed by atoms with Crippen LogP contribution in [0.3, 0.4) is 0 Å². The number of anilines is 1. The quantitative estimate of drug-likeness (QED) is 0.530. The first kappa shape index (κ1) is 14.0. The molecule has 1 aromatic heterocycles. The van der Waals surface area contributed by atoms with E-state index in [1.807, 2.05) is 31.2 Å². The molecular formula is C17H16BrN3. The number of fused-ring (bicyclic) bond motifs is 1. The molecule has 3 N–H and O–H groups in total. The van der Waals surface area contributed by atoms with E-state index in [0.717, 1.165) is 43.4 Å². The van der Waals surface area contributed by atoms with Crippen molar-refractivity contribution < 1.29 is 0 Å². The molecule has 106 valence electrons. The van der Waals surface area contributed by atoms with Crippen molar-refractivity contribution in [2.75, 3.05) is 5.43 Å². The van der Waals surface area contributed by atoms with Crippen LogP contribution in [0.1, 0.15) is 11.1 Å². The molecule has 0 radical (unpaired) electrons. The zero-order chi connectivity index (χ0) is 15.0. The minimum atomic E-state index is 0.924. The number of aromatic nitrogens is 1. The smallest absolute Gasteiger partial charge is 0.0875 e. The van der Waals surface area contributed by atoms with E-state index in [1.165, 1.54) is 0 Å². The third-order valence-corrected chi connectivity index (χ3v) is 4.37. The summed E-state index contributed by atoms with van der Waals surface area (Å²) in [6, 6.07) is 14.2. The number of nitrogens with two attached hydrogens (primary N) is 1. The van der Waals surface area contributed by atoms with E-state index in [9.17, 15) is 0 Å². The first-order valence-electron chi connectivity index (χ1n) is 6.75. The molecule has 1 heterocycles. The fraction of sp³-hybridized carbons (Fsp3) is 0.118. The molecule has 3 nitrogen and oxygen atoms in total. The standard InChI is InChI=1S/C17H16BrN3/c1-10-8-9-13(18)17-14(10)16(21-19)11(2)15(20-17)12-6-4-3-5-7-12/h3-9H,19H2,1-2H3,(H,20,21). The summed E-state index contributed by atoms with van der Waals surface area (Å²) < 4.78 is 0.969. The van der Waals surface area contributed by atoms with Gasteiger partial charge in [-0.3, -0.25) is 5.84 Å². The first-order chi connectivity index (χ1) is 10.1. The van der Waals surface area contributed by atoms with Crippen LogP contribution in [0.15, 0.2) is 46.9 Å². The van der Waals surface area contributed by atoms with E-state index >= 15 is 0 Å². The summed E-state index contributed by atoms with van der Waals surface area (Å²) >= 11 is 3.59. The molecule has 0 aliphatic rings. The Balaban J connectivity index is 2.44. The van der Waals surface area contributed by atoms with E-state index in [4.69, 9.17) is 10.8 Å². The Morgan fingerprint density at radius 2 is 1.76 bits per heavy atom. The van der Waals surface area contributed by atoms with Crippen LogP contribution in [0, 0.1) is 13.8 Å². The highest BCUT2D eigenvalue weighted by molar-refractivity contribution is 9.10. The summed E-state index contributed by atoms with van der Waals surface area (Å²) in [5.74, 6) is 5.79. The van der Waals surface area contributed by atoms with Crippen LogP contribution in [-0.4, -0.2) is 4.98 Å². The van der Waals surface area contributed by atoms with Crippen LogP contribution < -0.4 is 11.3 Å². The van der Waals surface area contributed by atoms with Gasteiger partial charge in [0.05, 0.1) is 16.9 Å². The molecule has 0 aliphatic carbocycles. The highest BCUT2D eigenvalue weighted by Crippen LogP contribution is 2.37. The molecule has 3 rings (SSSR count). The van der Waals surface area contributed by atoms with E-state index in [2.05, 4.69) is 46.5 Å². The second kappa shape index (κ2) is 5.47. The van der Waals surface area contributed by atoms with Gasteiger partial charge in [0.2, 0.25) is 0 Å². The van der Waals surface area contributed by atoms with Crippen molar-refractivity contribution in [3.05, 3.63) is 58.1 Å². The third kappa shape index (κ3) is 2.30. The molecule has 0 spiro atoms. The number of rotatable bonds is 2. The lowest BCUT2D eigenvalue weighted by Gasteiger charge is -2.16. The minimum Gasteiger partial charge on any atom is -0.323 e. The summed E-state index contributed by atoms with van der Waals surface area (Å²) in [6.45, 7) is 4.11. The number of nitrogen functional groups attached to an aromatic ring is 1. The maximum atomic E-state index is 5.79. The predicted octanol–water partition coefficient (Wildman–Crippen LogP) is 4.57. The summed E-state index contributed by atoms with van der Waals surface area (Å²) in [5.41, 5.74) is 8.94. The molecule has 0 atom stereocenters. The number of nitrogens with one attached hydrogen (secondary N) is 1. The SMILES string of the molecule is Cc1c(-c2ccccc2)nc2c(Br)ccc(C)c2c1NN. The summed E-state index contributed by atoms with van der Waals surface area (Å²) in [4.78, 5) is 4.87. The maximum Gasteiger partial charge on any atom is 0.0875 e. The van der Waals surface area contributed by atoms with Crippen molar-refractivity contribution in [1.29, 1.82) is 0 Å². The Kier molecular flexibility index (Phi) is 3.66. The predicted molar refractivity (Wildman–Crippen MR) is 92.2 cm³/mol. The Morgan fingerprint density at radius 3 is 2.43 bits per heavy atom. The number of aryl methyl sites for hydroxylation is 1. The van der Waals surface area contributed by atoms with Gasteiger partial charge < -0.3 is 5.43 Å². The number of hydrazine groups is 1. The molecule has 0 bridgehead atoms. The molecule has 0 fully saturated rings. The van der Waals surface area contributed by atoms with Gasteiger partial charge in [0, 0.05) is 21.0 Å². The average molecular weight is 342 g/mol. The van der Waals surface area contributed by atoms with Crippen LogP contribution >= 0.6 is 15.9 Å². The lowest BCUT2D eigenvalue weighted by atomic mass is 9.99. The number of hydrogen-bond donors (Lipinski definition) is 2. The first-order valence-corrected chi connectivity index (χ1v) is 7.54. The van der Waals surface area contributed by atoms with Crippen LogP contribution in [-0.2, 0) is 0 Å². The Bertz CT molecular complexity index is 813. The van der Waals surface area contributed by atoms with Crippen molar-refractivity contribution in [3.63, 3.8) is 0 Å². The van der Waals surface area contributed by atoms with E-state index in [1.54, 1.807) is 0 Å². The third-order valence-electron chi connectivity index (χ3n) is 3.73. The number of nitrogens with zero attached hydrogens (tertiary/aromatic N) is 1. The monoisotopic (exact) mass is 341 g/mol. The Morgan fingerprint density at radius 1 is 1.05 bits per heavy atom. The van der Waals surface area contributed by atoms with Gasteiger partial charge in [0.25, 0.3) is 0 Å². The topological polar surface area (TPSA) is 50.9 Å². The van der Waals surface area contributed by atoms with Gasteiger partial charge in [0.1, 0.15) is 0 Å². The molecule has 4 heteroatoms. The Labute approximate surface area is 132 Å². The van der Waals surface area contributed by atoms with E-state index in [0.29, 0.717) is 0 Å². The van der Waals surface area contributed by atoms with Crippen LogP contribution in [0.4, 0.5) is 5.69 Å². The molecule has 0 aliphatic heterocycles. The highest BCUT2D eigenvalue weighted by atomic mass is 79.9. The number of benzene rings is 2. The van der Waals surface area contributed by atoms with Crippen LogP contribution in [0.25, 0.3) is 22.2 Å². The fourth-order valence-electron chi connectivity index (χ4n) is 2.65. The minimum absolute atomic E-state index is 0.924. The molecule has 0 unspecified atom stereocenters. The van der Waals surface area contributed by atoms with E-state index in [-0.39, 0.29) is 0 Å². The van der Waals surface area contributed by atoms with Crippen molar-refractivity contribution in [3.8, 4) is 11.3 Å². The van der Waals surface area contributed by atoms with Gasteiger partial charge in [-0.15, -0.1) is 0 Å². The van der Waals surface area contributed by atoms with Gasteiger partial charge in [-0.05, 0) is 41.4 Å². The molecule has 0 saturated heterocycles. The normalized spacial score (nSPS) is 10.9. The van der Waals surface area contributed by atoms with E-state index < -0.39 is 0 Å². The summed E-state index contributed by atoms with van der Waals surface area (Å²) in [6.07, 6.45) is 0.